The van der Waals surface area contributed by atoms with Gasteiger partial charge in [0.15, 0.2) is 12.4 Å². The van der Waals surface area contributed by atoms with Crippen molar-refractivity contribution in [2.45, 2.75) is 185 Å². The van der Waals surface area contributed by atoms with Gasteiger partial charge in [0.1, 0.15) is 31.0 Å². The fourth-order valence-electron chi connectivity index (χ4n) is 5.84. The van der Waals surface area contributed by atoms with Crippen molar-refractivity contribution < 1.29 is 49.0 Å². The van der Waals surface area contributed by atoms with Crippen LogP contribution in [-0.2, 0) is 28.5 Å². The van der Waals surface area contributed by atoms with Crippen molar-refractivity contribution in [1.82, 2.24) is 0 Å². The quantitative estimate of drug-likeness (QED) is 0.0292. The van der Waals surface area contributed by atoms with Crippen LogP contribution >= 0.6 is 0 Å². The van der Waals surface area contributed by atoms with Gasteiger partial charge >= 0.3 is 11.9 Å². The van der Waals surface area contributed by atoms with Crippen molar-refractivity contribution in [3.8, 4) is 0 Å². The lowest BCUT2D eigenvalue weighted by Crippen LogP contribution is -2.59. The molecule has 0 aromatic heterocycles. The average molecular weight is 763 g/mol. The minimum atomic E-state index is -1.61. The topological polar surface area (TPSA) is 152 Å². The fraction of sp³-hybridized carbons (Fsp3) is 0.727. The zero-order valence-corrected chi connectivity index (χ0v) is 33.4. The minimum Gasteiger partial charge on any atom is -0.462 e. The largest absolute Gasteiger partial charge is 0.462 e. The van der Waals surface area contributed by atoms with Gasteiger partial charge in [-0.1, -0.05) is 132 Å². The molecule has 1 saturated heterocycles. The maximum atomic E-state index is 12.7. The third-order valence-electron chi connectivity index (χ3n) is 9.15. The molecule has 0 amide bonds. The number of esters is 2. The molecule has 1 heterocycles. The number of rotatable bonds is 33. The van der Waals surface area contributed by atoms with Crippen molar-refractivity contribution in [3.63, 3.8) is 0 Å². The highest BCUT2D eigenvalue weighted by Crippen LogP contribution is 2.22. The zero-order valence-electron chi connectivity index (χ0n) is 33.4. The van der Waals surface area contributed by atoms with Gasteiger partial charge in [-0.2, -0.15) is 0 Å². The van der Waals surface area contributed by atoms with Gasteiger partial charge in [-0.05, 0) is 64.2 Å². The Hall–Kier alpha value is -2.60. The van der Waals surface area contributed by atoms with Gasteiger partial charge in [0.25, 0.3) is 0 Å². The van der Waals surface area contributed by atoms with E-state index in [1.54, 1.807) is 0 Å². The van der Waals surface area contributed by atoms with Gasteiger partial charge in [-0.15, -0.1) is 0 Å². The van der Waals surface area contributed by atoms with Gasteiger partial charge in [0.2, 0.25) is 0 Å². The van der Waals surface area contributed by atoms with E-state index in [4.69, 9.17) is 18.9 Å². The predicted molar refractivity (Wildman–Crippen MR) is 215 cm³/mol. The maximum absolute atomic E-state index is 12.7. The molecule has 0 aromatic rings. The molecule has 10 nitrogen and oxygen atoms in total. The Morgan fingerprint density at radius 1 is 0.593 bits per heavy atom. The number of carbonyl (C=O) groups is 2. The van der Waals surface area contributed by atoms with Crippen LogP contribution in [0.15, 0.2) is 60.8 Å². The molecule has 54 heavy (non-hydrogen) atoms. The monoisotopic (exact) mass is 763 g/mol. The van der Waals surface area contributed by atoms with Gasteiger partial charge < -0.3 is 39.4 Å². The van der Waals surface area contributed by atoms with E-state index in [2.05, 4.69) is 62.5 Å². The Kier molecular flexibility index (Phi) is 31.9. The van der Waals surface area contributed by atoms with Crippen LogP contribution in [0.4, 0.5) is 0 Å². The molecule has 10 heteroatoms. The second kappa shape index (κ2) is 34.9. The van der Waals surface area contributed by atoms with Crippen molar-refractivity contribution in [2.24, 2.45) is 0 Å². The third kappa shape index (κ3) is 26.2. The van der Waals surface area contributed by atoms with Crippen LogP contribution in [0, 0.1) is 0 Å². The summed E-state index contributed by atoms with van der Waals surface area (Å²) in [5.41, 5.74) is 0. The fourth-order valence-corrected chi connectivity index (χ4v) is 5.84. The normalized spacial score (nSPS) is 21.3. The van der Waals surface area contributed by atoms with E-state index in [0.717, 1.165) is 57.8 Å². The smallest absolute Gasteiger partial charge is 0.306 e. The molecule has 4 N–H and O–H groups in total. The van der Waals surface area contributed by atoms with Crippen LogP contribution in [-0.4, -0.2) is 89.0 Å². The van der Waals surface area contributed by atoms with Crippen LogP contribution in [0.5, 0.6) is 0 Å². The summed E-state index contributed by atoms with van der Waals surface area (Å²) in [5.74, 6) is -0.916. The highest BCUT2D eigenvalue weighted by atomic mass is 16.7. The zero-order chi connectivity index (χ0) is 39.5. The van der Waals surface area contributed by atoms with E-state index >= 15 is 0 Å². The molecule has 0 spiro atoms. The highest BCUT2D eigenvalue weighted by molar-refractivity contribution is 5.70. The van der Waals surface area contributed by atoms with Gasteiger partial charge in [-0.3, -0.25) is 9.59 Å². The van der Waals surface area contributed by atoms with Crippen molar-refractivity contribution >= 4 is 11.9 Å². The first-order valence-corrected chi connectivity index (χ1v) is 20.9. The van der Waals surface area contributed by atoms with Crippen LogP contribution in [0.3, 0.4) is 0 Å². The van der Waals surface area contributed by atoms with E-state index in [9.17, 15) is 30.0 Å². The first-order chi connectivity index (χ1) is 26.3. The summed E-state index contributed by atoms with van der Waals surface area (Å²) < 4.78 is 22.0. The molecule has 310 valence electrons. The lowest BCUT2D eigenvalue weighted by molar-refractivity contribution is -0.305. The molecule has 6 unspecified atom stereocenters. The molecule has 1 aliphatic rings. The second-order valence-electron chi connectivity index (χ2n) is 14.1. The molecule has 0 aromatic carbocycles. The average Bonchev–Trinajstić information content (AvgIpc) is 3.17. The van der Waals surface area contributed by atoms with Crippen LogP contribution in [0.25, 0.3) is 0 Å². The highest BCUT2D eigenvalue weighted by Gasteiger charge is 2.44. The number of hydrogen-bond acceptors (Lipinski definition) is 10. The molecule has 1 rings (SSSR count). The van der Waals surface area contributed by atoms with Gasteiger partial charge in [0, 0.05) is 12.8 Å². The molecule has 0 saturated carbocycles. The molecule has 1 fully saturated rings. The molecular formula is C44H74O10. The summed E-state index contributed by atoms with van der Waals surface area (Å²) in [6.45, 7) is 3.20. The summed E-state index contributed by atoms with van der Waals surface area (Å²) in [5, 5.41) is 40.0. The third-order valence-corrected chi connectivity index (χ3v) is 9.15. The number of aliphatic hydroxyl groups is 4. The maximum Gasteiger partial charge on any atom is 0.306 e. The van der Waals surface area contributed by atoms with Crippen LogP contribution < -0.4 is 0 Å². The van der Waals surface area contributed by atoms with E-state index < -0.39 is 55.4 Å². The summed E-state index contributed by atoms with van der Waals surface area (Å²) in [6.07, 6.45) is 33.9. The summed E-state index contributed by atoms with van der Waals surface area (Å²) in [7, 11) is 0. The Labute approximate surface area is 326 Å². The van der Waals surface area contributed by atoms with Crippen LogP contribution in [0.2, 0.25) is 0 Å². The number of hydrogen-bond donors (Lipinski definition) is 4. The van der Waals surface area contributed by atoms with E-state index in [1.165, 1.54) is 51.4 Å². The Bertz CT molecular complexity index is 1070. The van der Waals surface area contributed by atoms with Crippen LogP contribution in [0.1, 0.15) is 149 Å². The lowest BCUT2D eigenvalue weighted by atomic mass is 9.99. The van der Waals surface area contributed by atoms with Crippen molar-refractivity contribution in [1.29, 1.82) is 0 Å². The van der Waals surface area contributed by atoms with Gasteiger partial charge in [-0.25, -0.2) is 0 Å². The molecule has 6 atom stereocenters. The molecule has 0 radical (unpaired) electrons. The van der Waals surface area contributed by atoms with Crippen molar-refractivity contribution in [3.05, 3.63) is 60.8 Å². The standard InChI is InChI=1S/C44H74O10/c1-3-5-7-9-11-13-15-17-18-19-21-22-24-26-28-30-32-39(46)51-35-37(36-52-44-43(50)42(49)41(48)38(34-45)54-44)53-40(47)33-31-29-27-25-23-20-16-14-12-10-8-6-4-2/h6,8,12,14,18-20,23,27,29,37-38,41-45,48-50H,3-5,7,9-11,13,15-17,21-22,24-26,28,30-36H2,1-2H3/b8-6-,14-12-,19-18-,23-20-,29-27-. The lowest BCUT2D eigenvalue weighted by Gasteiger charge is -2.39. The number of unbranched alkanes of at least 4 members (excludes halogenated alkanes) is 12. The Morgan fingerprint density at radius 3 is 1.72 bits per heavy atom. The predicted octanol–water partition coefficient (Wildman–Crippen LogP) is 8.27. The summed E-state index contributed by atoms with van der Waals surface area (Å²) in [4.78, 5) is 25.2. The van der Waals surface area contributed by atoms with E-state index in [0.29, 0.717) is 12.8 Å². The number of allylic oxidation sites excluding steroid dienone is 10. The summed E-state index contributed by atoms with van der Waals surface area (Å²) in [6, 6.07) is 0. The molecule has 0 bridgehead atoms. The molecule has 1 aliphatic heterocycles. The second-order valence-corrected chi connectivity index (χ2v) is 14.1. The SMILES string of the molecule is CC/C=C\C/C=C\C/C=C\C/C=C\CCC(=O)OC(COC(=O)CCCCCCC/C=C\CCCCCCCCC)COC1OC(CO)C(O)C(O)C1O. The first-order valence-electron chi connectivity index (χ1n) is 20.9. The number of carbonyl (C=O) groups excluding carboxylic acids is 2. The van der Waals surface area contributed by atoms with E-state index in [-0.39, 0.29) is 26.1 Å². The molecule has 0 aliphatic carbocycles. The Balaban J connectivity index is 2.41. The van der Waals surface area contributed by atoms with Gasteiger partial charge in [0.05, 0.1) is 13.2 Å². The number of ether oxygens (including phenoxy) is 4. The molecular weight excluding hydrogens is 688 g/mol. The van der Waals surface area contributed by atoms with Crippen molar-refractivity contribution in [2.75, 3.05) is 19.8 Å². The minimum absolute atomic E-state index is 0.105. The first kappa shape index (κ1) is 49.4. The Morgan fingerprint density at radius 2 is 1.13 bits per heavy atom. The van der Waals surface area contributed by atoms with E-state index in [1.807, 2.05) is 12.2 Å². The summed E-state index contributed by atoms with van der Waals surface area (Å²) >= 11 is 0. The number of aliphatic hydroxyl groups excluding tert-OH is 4.